The van der Waals surface area contributed by atoms with Crippen LogP contribution < -0.4 is 10.6 Å². The smallest absolute Gasteiger partial charge is 0.334 e. The number of methoxy groups -OCH3 is 1. The molecule has 3 N–H and O–H groups in total. The van der Waals surface area contributed by atoms with E-state index >= 15 is 0 Å². The van der Waals surface area contributed by atoms with Crippen molar-refractivity contribution in [2.45, 2.75) is 13.0 Å². The van der Waals surface area contributed by atoms with Crippen molar-refractivity contribution in [2.75, 3.05) is 19.0 Å². The van der Waals surface area contributed by atoms with E-state index in [1.165, 1.54) is 26.2 Å². The van der Waals surface area contributed by atoms with Crippen LogP contribution in [-0.4, -0.2) is 36.9 Å². The predicted molar refractivity (Wildman–Crippen MR) is 66.6 cm³/mol. The molecule has 0 aliphatic carbocycles. The number of ether oxygens (including phenoxy) is 1. The number of rotatable bonds is 5. The molecule has 104 valence electrons. The largest absolute Gasteiger partial charge is 0.479 e. The van der Waals surface area contributed by atoms with Crippen molar-refractivity contribution in [1.29, 1.82) is 0 Å². The lowest BCUT2D eigenvalue weighted by atomic mass is 10.2. The second-order valence-electron chi connectivity index (χ2n) is 3.81. The summed E-state index contributed by atoms with van der Waals surface area (Å²) in [4.78, 5) is 22.2. The van der Waals surface area contributed by atoms with E-state index in [0.29, 0.717) is 11.3 Å². The number of urea groups is 1. The Labute approximate surface area is 109 Å². The Balaban J connectivity index is 2.56. The third kappa shape index (κ3) is 4.22. The first-order chi connectivity index (χ1) is 8.95. The summed E-state index contributed by atoms with van der Waals surface area (Å²) in [6.45, 7) is 1.34. The van der Waals surface area contributed by atoms with Gasteiger partial charge in [-0.05, 0) is 19.1 Å². The highest BCUT2D eigenvalue weighted by Gasteiger charge is 2.17. The zero-order valence-corrected chi connectivity index (χ0v) is 10.6. The average molecular weight is 270 g/mol. The zero-order valence-electron chi connectivity index (χ0n) is 10.6. The van der Waals surface area contributed by atoms with Crippen LogP contribution in [0.4, 0.5) is 14.9 Å². The highest BCUT2D eigenvalue weighted by Crippen LogP contribution is 2.16. The molecule has 0 saturated carbocycles. The van der Waals surface area contributed by atoms with Gasteiger partial charge in [-0.2, -0.15) is 0 Å². The van der Waals surface area contributed by atoms with Crippen molar-refractivity contribution in [1.82, 2.24) is 5.32 Å². The summed E-state index contributed by atoms with van der Waals surface area (Å²) in [5, 5.41) is 13.5. The number of anilines is 1. The molecule has 19 heavy (non-hydrogen) atoms. The second kappa shape index (κ2) is 6.69. The van der Waals surface area contributed by atoms with Gasteiger partial charge in [0.25, 0.3) is 0 Å². The molecule has 1 aromatic carbocycles. The first-order valence-corrected chi connectivity index (χ1v) is 5.51. The molecule has 7 heteroatoms. The van der Waals surface area contributed by atoms with Gasteiger partial charge in [0.1, 0.15) is 5.82 Å². The maximum absolute atomic E-state index is 13.2. The second-order valence-corrected chi connectivity index (χ2v) is 3.81. The lowest BCUT2D eigenvalue weighted by Gasteiger charge is -2.13. The van der Waals surface area contributed by atoms with E-state index in [2.05, 4.69) is 15.4 Å². The molecule has 0 fully saturated rings. The fourth-order valence-corrected chi connectivity index (χ4v) is 1.37. The molecule has 1 rings (SSSR count). The minimum atomic E-state index is -1.18. The van der Waals surface area contributed by atoms with Gasteiger partial charge in [-0.1, -0.05) is 6.07 Å². The minimum absolute atomic E-state index is 0.188. The molecule has 0 heterocycles. The molecule has 1 aromatic rings. The number of carbonyl (C=O) groups excluding carboxylic acids is 1. The van der Waals surface area contributed by atoms with Crippen LogP contribution >= 0.6 is 0 Å². The van der Waals surface area contributed by atoms with Crippen LogP contribution in [0.15, 0.2) is 18.2 Å². The van der Waals surface area contributed by atoms with Gasteiger partial charge in [0.2, 0.25) is 0 Å². The molecule has 0 bridgehead atoms. The van der Waals surface area contributed by atoms with E-state index in [1.807, 2.05) is 0 Å². The maximum Gasteiger partial charge on any atom is 0.334 e. The maximum atomic E-state index is 13.2. The minimum Gasteiger partial charge on any atom is -0.479 e. The van der Waals surface area contributed by atoms with Crippen molar-refractivity contribution in [3.8, 4) is 0 Å². The van der Waals surface area contributed by atoms with Crippen LogP contribution in [0.5, 0.6) is 0 Å². The van der Waals surface area contributed by atoms with Gasteiger partial charge in [0.05, 0.1) is 6.54 Å². The van der Waals surface area contributed by atoms with Gasteiger partial charge >= 0.3 is 12.0 Å². The first kappa shape index (κ1) is 14.9. The number of halogens is 1. The van der Waals surface area contributed by atoms with Crippen molar-refractivity contribution < 1.29 is 23.8 Å². The molecule has 2 amide bonds. The summed E-state index contributed by atoms with van der Waals surface area (Å²) >= 11 is 0. The Bertz CT molecular complexity index is 479. The molecule has 0 radical (unpaired) electrons. The van der Waals surface area contributed by atoms with Crippen LogP contribution in [-0.2, 0) is 9.53 Å². The van der Waals surface area contributed by atoms with Crippen LogP contribution in [0.2, 0.25) is 0 Å². The van der Waals surface area contributed by atoms with Gasteiger partial charge in [0.15, 0.2) is 6.10 Å². The normalized spacial score (nSPS) is 11.7. The van der Waals surface area contributed by atoms with Crippen molar-refractivity contribution in [3.63, 3.8) is 0 Å². The topological polar surface area (TPSA) is 87.7 Å². The molecule has 0 aliphatic heterocycles. The highest BCUT2D eigenvalue weighted by molar-refractivity contribution is 5.90. The molecular formula is C12H15FN2O4. The monoisotopic (exact) mass is 270 g/mol. The Morgan fingerprint density at radius 3 is 2.74 bits per heavy atom. The molecule has 1 atom stereocenters. The third-order valence-corrected chi connectivity index (χ3v) is 2.52. The summed E-state index contributed by atoms with van der Waals surface area (Å²) in [7, 11) is 1.23. The van der Waals surface area contributed by atoms with Gasteiger partial charge in [-0.25, -0.2) is 14.0 Å². The van der Waals surface area contributed by atoms with Crippen LogP contribution in [0.25, 0.3) is 0 Å². The number of benzene rings is 1. The van der Waals surface area contributed by atoms with E-state index < -0.39 is 23.9 Å². The fraction of sp³-hybridized carbons (Fsp3) is 0.333. The average Bonchev–Trinajstić information content (AvgIpc) is 2.35. The molecule has 1 unspecified atom stereocenters. The number of carboxylic acid groups (broad SMARTS) is 1. The number of aliphatic carboxylic acids is 1. The van der Waals surface area contributed by atoms with E-state index in [4.69, 9.17) is 5.11 Å². The molecular weight excluding hydrogens is 255 g/mol. The number of nitrogens with one attached hydrogen (secondary N) is 2. The van der Waals surface area contributed by atoms with Gasteiger partial charge in [-0.3, -0.25) is 0 Å². The highest BCUT2D eigenvalue weighted by atomic mass is 19.1. The summed E-state index contributed by atoms with van der Waals surface area (Å²) < 4.78 is 17.9. The summed E-state index contributed by atoms with van der Waals surface area (Å²) in [5.41, 5.74) is 0.626. The number of amides is 2. The fourth-order valence-electron chi connectivity index (χ4n) is 1.37. The van der Waals surface area contributed by atoms with Gasteiger partial charge in [0, 0.05) is 18.4 Å². The molecule has 0 saturated heterocycles. The van der Waals surface area contributed by atoms with E-state index in [9.17, 15) is 14.0 Å². The molecule has 0 aromatic heterocycles. The molecule has 0 aliphatic rings. The lowest BCUT2D eigenvalue weighted by Crippen LogP contribution is -2.39. The van der Waals surface area contributed by atoms with Crippen LogP contribution in [0.1, 0.15) is 5.56 Å². The summed E-state index contributed by atoms with van der Waals surface area (Å²) in [5.74, 6) is -1.61. The van der Waals surface area contributed by atoms with Crippen molar-refractivity contribution in [2.24, 2.45) is 0 Å². The standard InChI is InChI=1S/C12H15FN2O4/c1-7-8(13)4-3-5-9(7)15-12(18)14-6-10(19-2)11(16)17/h3-5,10H,6H2,1-2H3,(H,16,17)(H2,14,15,18). The van der Waals surface area contributed by atoms with Gasteiger partial charge < -0.3 is 20.5 Å². The molecule has 0 spiro atoms. The Kier molecular flexibility index (Phi) is 5.25. The third-order valence-electron chi connectivity index (χ3n) is 2.52. The Morgan fingerprint density at radius 2 is 2.16 bits per heavy atom. The van der Waals surface area contributed by atoms with Crippen LogP contribution in [0, 0.1) is 12.7 Å². The lowest BCUT2D eigenvalue weighted by molar-refractivity contribution is -0.147. The van der Waals surface area contributed by atoms with Gasteiger partial charge in [-0.15, -0.1) is 0 Å². The first-order valence-electron chi connectivity index (χ1n) is 5.51. The predicted octanol–water partition coefficient (Wildman–Crippen LogP) is 1.36. The van der Waals surface area contributed by atoms with Crippen molar-refractivity contribution in [3.05, 3.63) is 29.6 Å². The zero-order chi connectivity index (χ0) is 14.4. The van der Waals surface area contributed by atoms with E-state index in [0.717, 1.165) is 0 Å². The Hall–Kier alpha value is -2.15. The summed E-state index contributed by atoms with van der Waals surface area (Å²) in [6, 6.07) is 3.66. The number of hydrogen-bond acceptors (Lipinski definition) is 3. The number of carbonyl (C=O) groups is 2. The van der Waals surface area contributed by atoms with Crippen molar-refractivity contribution >= 4 is 17.7 Å². The Morgan fingerprint density at radius 1 is 1.47 bits per heavy atom. The SMILES string of the molecule is COC(CNC(=O)Nc1cccc(F)c1C)C(=O)O. The number of hydrogen-bond donors (Lipinski definition) is 3. The number of carboxylic acids is 1. The van der Waals surface area contributed by atoms with Crippen LogP contribution in [0.3, 0.4) is 0 Å². The van der Waals surface area contributed by atoms with E-state index in [1.54, 1.807) is 6.07 Å². The molecule has 6 nitrogen and oxygen atoms in total. The quantitative estimate of drug-likeness (QED) is 0.753. The summed E-state index contributed by atoms with van der Waals surface area (Å²) in [6.07, 6.45) is -1.13. The van der Waals surface area contributed by atoms with E-state index in [-0.39, 0.29) is 6.54 Å².